The molecule has 0 bridgehead atoms. The zero-order chi connectivity index (χ0) is 13.0. The van der Waals surface area contributed by atoms with Crippen LogP contribution in [0.15, 0.2) is 30.4 Å². The van der Waals surface area contributed by atoms with Crippen LogP contribution in [0.4, 0.5) is 0 Å². The highest BCUT2D eigenvalue weighted by molar-refractivity contribution is 6.00. The molecule has 3 nitrogen and oxygen atoms in total. The monoisotopic (exact) mass is 244 g/mol. The molecular formula is C15H16O3. The number of rotatable bonds is 4. The largest absolute Gasteiger partial charge is 0.497 e. The lowest BCUT2D eigenvalue weighted by Gasteiger charge is -2.22. The van der Waals surface area contributed by atoms with Gasteiger partial charge < -0.3 is 4.74 Å². The van der Waals surface area contributed by atoms with Crippen LogP contribution < -0.4 is 4.74 Å². The minimum Gasteiger partial charge on any atom is -0.497 e. The zero-order valence-electron chi connectivity index (χ0n) is 10.4. The van der Waals surface area contributed by atoms with Gasteiger partial charge in [-0.3, -0.25) is 9.59 Å². The number of hydrogen-bond donors (Lipinski definition) is 0. The highest BCUT2D eigenvalue weighted by atomic mass is 16.5. The smallest absolute Gasteiger partial charge is 0.166 e. The Morgan fingerprint density at radius 1 is 1.44 bits per heavy atom. The Balaban J connectivity index is 2.18. The molecule has 0 fully saturated rings. The Bertz CT molecular complexity index is 489. The summed E-state index contributed by atoms with van der Waals surface area (Å²) in [5.41, 5.74) is 1.86. The lowest BCUT2D eigenvalue weighted by atomic mass is 9.81. The highest BCUT2D eigenvalue weighted by Crippen LogP contribution is 2.30. The second kappa shape index (κ2) is 5.63. The van der Waals surface area contributed by atoms with Crippen molar-refractivity contribution in [1.29, 1.82) is 0 Å². The molecule has 1 atom stereocenters. The van der Waals surface area contributed by atoms with Crippen LogP contribution in [0.3, 0.4) is 0 Å². The van der Waals surface area contributed by atoms with Crippen molar-refractivity contribution in [1.82, 2.24) is 0 Å². The molecule has 18 heavy (non-hydrogen) atoms. The summed E-state index contributed by atoms with van der Waals surface area (Å²) < 4.78 is 5.16. The van der Waals surface area contributed by atoms with Crippen molar-refractivity contribution in [2.45, 2.75) is 19.3 Å². The van der Waals surface area contributed by atoms with Crippen LogP contribution in [0.2, 0.25) is 0 Å². The molecule has 0 saturated carbocycles. The first-order valence-electron chi connectivity index (χ1n) is 6.07. The van der Waals surface area contributed by atoms with Gasteiger partial charge in [-0.25, -0.2) is 0 Å². The van der Waals surface area contributed by atoms with Gasteiger partial charge in [0.05, 0.1) is 7.11 Å². The highest BCUT2D eigenvalue weighted by Gasteiger charge is 2.26. The number of ketones is 1. The Labute approximate surface area is 106 Å². The number of carbonyl (C=O) groups excluding carboxylic acids is 2. The average molecular weight is 244 g/mol. The van der Waals surface area contributed by atoms with Crippen molar-refractivity contribution in [3.8, 4) is 5.75 Å². The van der Waals surface area contributed by atoms with E-state index in [0.717, 1.165) is 36.0 Å². The van der Waals surface area contributed by atoms with E-state index in [2.05, 4.69) is 0 Å². The summed E-state index contributed by atoms with van der Waals surface area (Å²) >= 11 is 0. The van der Waals surface area contributed by atoms with Crippen LogP contribution in [-0.4, -0.2) is 19.2 Å². The molecule has 2 rings (SSSR count). The predicted octanol–water partition coefficient (Wildman–Crippen LogP) is 2.59. The molecule has 0 spiro atoms. The number of aldehydes is 1. The van der Waals surface area contributed by atoms with Gasteiger partial charge in [-0.2, -0.15) is 0 Å². The van der Waals surface area contributed by atoms with E-state index in [0.29, 0.717) is 6.42 Å². The van der Waals surface area contributed by atoms with Crippen molar-refractivity contribution < 1.29 is 14.3 Å². The molecule has 0 radical (unpaired) electrons. The zero-order valence-corrected chi connectivity index (χ0v) is 10.4. The summed E-state index contributed by atoms with van der Waals surface area (Å²) in [6.07, 6.45) is 6.33. The fourth-order valence-corrected chi connectivity index (χ4v) is 2.35. The molecule has 0 amide bonds. The number of benzene rings is 1. The number of ether oxygens (including phenoxy) is 1. The normalized spacial score (nSPS) is 18.7. The van der Waals surface area contributed by atoms with Crippen LogP contribution in [0.5, 0.6) is 5.75 Å². The first-order valence-corrected chi connectivity index (χ1v) is 6.07. The standard InChI is InChI=1S/C15H16O3/c1-18-13-7-8-14-12(10-13)6-5-11(15(14)17)4-2-3-9-16/h2-3,7-11H,4-6H2,1H3/b3-2+. The van der Waals surface area contributed by atoms with Gasteiger partial charge >= 0.3 is 0 Å². The van der Waals surface area contributed by atoms with E-state index in [9.17, 15) is 9.59 Å². The minimum atomic E-state index is 0.00194. The molecule has 0 N–H and O–H groups in total. The second-order valence-electron chi connectivity index (χ2n) is 4.42. The van der Waals surface area contributed by atoms with Crippen molar-refractivity contribution in [2.75, 3.05) is 7.11 Å². The van der Waals surface area contributed by atoms with Crippen LogP contribution in [-0.2, 0) is 11.2 Å². The van der Waals surface area contributed by atoms with E-state index in [-0.39, 0.29) is 11.7 Å². The van der Waals surface area contributed by atoms with E-state index < -0.39 is 0 Å². The Morgan fingerprint density at radius 3 is 3.00 bits per heavy atom. The third-order valence-electron chi connectivity index (χ3n) is 3.35. The molecule has 0 aromatic heterocycles. The number of fused-ring (bicyclic) bond motifs is 1. The van der Waals surface area contributed by atoms with Crippen LogP contribution in [0.25, 0.3) is 0 Å². The van der Waals surface area contributed by atoms with Crippen molar-refractivity contribution in [2.24, 2.45) is 5.92 Å². The lowest BCUT2D eigenvalue weighted by molar-refractivity contribution is -0.104. The number of methoxy groups -OCH3 is 1. The van der Waals surface area contributed by atoms with Crippen molar-refractivity contribution >= 4 is 12.1 Å². The quantitative estimate of drug-likeness (QED) is 0.604. The van der Waals surface area contributed by atoms with Gasteiger partial charge in [0, 0.05) is 11.5 Å². The minimum absolute atomic E-state index is 0.00194. The Hall–Kier alpha value is -1.90. The summed E-state index contributed by atoms with van der Waals surface area (Å²) in [5.74, 6) is 0.970. The summed E-state index contributed by atoms with van der Waals surface area (Å²) in [7, 11) is 1.62. The van der Waals surface area contributed by atoms with Gasteiger partial charge in [-0.05, 0) is 49.1 Å². The van der Waals surface area contributed by atoms with Gasteiger partial charge in [-0.1, -0.05) is 6.08 Å². The first kappa shape index (κ1) is 12.6. The molecule has 3 heteroatoms. The SMILES string of the molecule is COc1ccc2c(c1)CCC(C/C=C/C=O)C2=O. The maximum Gasteiger partial charge on any atom is 0.166 e. The van der Waals surface area contributed by atoms with Gasteiger partial charge in [0.1, 0.15) is 12.0 Å². The molecular weight excluding hydrogens is 228 g/mol. The molecule has 0 aliphatic heterocycles. The van der Waals surface area contributed by atoms with E-state index in [1.54, 1.807) is 13.2 Å². The number of allylic oxidation sites excluding steroid dienone is 2. The first-order chi connectivity index (χ1) is 8.76. The summed E-state index contributed by atoms with van der Waals surface area (Å²) in [4.78, 5) is 22.5. The average Bonchev–Trinajstić information content (AvgIpc) is 2.41. The number of carbonyl (C=O) groups is 2. The third kappa shape index (κ3) is 2.50. The van der Waals surface area contributed by atoms with Gasteiger partial charge in [0.25, 0.3) is 0 Å². The second-order valence-corrected chi connectivity index (χ2v) is 4.42. The maximum absolute atomic E-state index is 12.2. The molecule has 94 valence electrons. The Morgan fingerprint density at radius 2 is 2.28 bits per heavy atom. The molecule has 1 aliphatic carbocycles. The molecule has 1 unspecified atom stereocenters. The van der Waals surface area contributed by atoms with Gasteiger partial charge in [0.2, 0.25) is 0 Å². The third-order valence-corrected chi connectivity index (χ3v) is 3.35. The topological polar surface area (TPSA) is 43.4 Å². The number of hydrogen-bond acceptors (Lipinski definition) is 3. The fraction of sp³-hybridized carbons (Fsp3) is 0.333. The summed E-state index contributed by atoms with van der Waals surface area (Å²) in [5, 5.41) is 0. The molecule has 1 aromatic carbocycles. The van der Waals surface area contributed by atoms with E-state index in [1.165, 1.54) is 6.08 Å². The van der Waals surface area contributed by atoms with Crippen LogP contribution >= 0.6 is 0 Å². The molecule has 0 heterocycles. The molecule has 1 aliphatic rings. The van der Waals surface area contributed by atoms with Crippen LogP contribution in [0, 0.1) is 5.92 Å². The molecule has 1 aromatic rings. The predicted molar refractivity (Wildman–Crippen MR) is 69.0 cm³/mol. The lowest BCUT2D eigenvalue weighted by Crippen LogP contribution is -2.22. The Kier molecular flexibility index (Phi) is 3.92. The van der Waals surface area contributed by atoms with Crippen molar-refractivity contribution in [3.05, 3.63) is 41.5 Å². The number of Topliss-reactive ketones (excluding diaryl/α,β-unsaturated/α-hetero) is 1. The summed E-state index contributed by atoms with van der Waals surface area (Å²) in [6, 6.07) is 5.59. The van der Waals surface area contributed by atoms with Crippen LogP contribution in [0.1, 0.15) is 28.8 Å². The fourth-order valence-electron chi connectivity index (χ4n) is 2.35. The summed E-state index contributed by atoms with van der Waals surface area (Å²) in [6.45, 7) is 0. The van der Waals surface area contributed by atoms with E-state index in [1.807, 2.05) is 18.2 Å². The van der Waals surface area contributed by atoms with E-state index >= 15 is 0 Å². The number of aryl methyl sites for hydroxylation is 1. The van der Waals surface area contributed by atoms with Gasteiger partial charge in [0.15, 0.2) is 5.78 Å². The maximum atomic E-state index is 12.2. The van der Waals surface area contributed by atoms with Gasteiger partial charge in [-0.15, -0.1) is 0 Å². The van der Waals surface area contributed by atoms with Crippen molar-refractivity contribution in [3.63, 3.8) is 0 Å². The van der Waals surface area contributed by atoms with E-state index in [4.69, 9.17) is 4.74 Å². The molecule has 0 saturated heterocycles.